The molecule has 2 aromatic rings. The minimum Gasteiger partial charge on any atom is -0.352 e. The predicted octanol–water partition coefficient (Wildman–Crippen LogP) is 0.673. The molecule has 0 bridgehead atoms. The van der Waals surface area contributed by atoms with Gasteiger partial charge in [0.15, 0.2) is 0 Å². The average molecular weight is 352 g/mol. The Morgan fingerprint density at radius 1 is 1.23 bits per heavy atom. The molecule has 0 atom stereocenters. The molecule has 1 amide bonds. The molecule has 1 fully saturated rings. The molecular formula is C18H20N6O2. The molecule has 5 rings (SSSR count). The van der Waals surface area contributed by atoms with Crippen molar-refractivity contribution in [3.63, 3.8) is 0 Å². The highest BCUT2D eigenvalue weighted by Gasteiger charge is 2.34. The molecular weight excluding hydrogens is 332 g/mol. The molecule has 26 heavy (non-hydrogen) atoms. The summed E-state index contributed by atoms with van der Waals surface area (Å²) in [5.74, 6) is 1.23. The number of hydrogen-bond donors (Lipinski definition) is 1. The molecule has 3 aliphatic rings. The molecule has 1 aliphatic carbocycles. The van der Waals surface area contributed by atoms with E-state index in [4.69, 9.17) is 0 Å². The van der Waals surface area contributed by atoms with Crippen molar-refractivity contribution in [3.05, 3.63) is 40.3 Å². The van der Waals surface area contributed by atoms with Crippen LogP contribution in [0, 0.1) is 0 Å². The van der Waals surface area contributed by atoms with E-state index in [2.05, 4.69) is 15.4 Å². The zero-order chi connectivity index (χ0) is 17.7. The lowest BCUT2D eigenvalue weighted by atomic mass is 10.1. The van der Waals surface area contributed by atoms with Crippen LogP contribution in [0.25, 0.3) is 5.69 Å². The van der Waals surface area contributed by atoms with E-state index in [1.807, 2.05) is 29.2 Å². The summed E-state index contributed by atoms with van der Waals surface area (Å²) in [5, 5.41) is 7.47. The first-order valence-electron chi connectivity index (χ1n) is 9.13. The maximum Gasteiger partial charge on any atom is 0.352 e. The third kappa shape index (κ3) is 2.28. The van der Waals surface area contributed by atoms with E-state index < -0.39 is 0 Å². The topological polar surface area (TPSA) is 84.5 Å². The van der Waals surface area contributed by atoms with Gasteiger partial charge in [-0.25, -0.2) is 14.0 Å². The fraction of sp³-hybridized carbons (Fsp3) is 0.444. The van der Waals surface area contributed by atoms with Gasteiger partial charge in [0.25, 0.3) is 0 Å². The molecule has 1 saturated carbocycles. The second-order valence-corrected chi connectivity index (χ2v) is 7.00. The first-order valence-corrected chi connectivity index (χ1v) is 9.13. The summed E-state index contributed by atoms with van der Waals surface area (Å²) in [7, 11) is 0. The van der Waals surface area contributed by atoms with Gasteiger partial charge in [0.05, 0.1) is 12.2 Å². The molecule has 134 valence electrons. The van der Waals surface area contributed by atoms with E-state index in [9.17, 15) is 9.59 Å². The van der Waals surface area contributed by atoms with Gasteiger partial charge in [0, 0.05) is 18.2 Å². The summed E-state index contributed by atoms with van der Waals surface area (Å²) < 4.78 is 2.85. The van der Waals surface area contributed by atoms with Crippen LogP contribution in [0.2, 0.25) is 0 Å². The Morgan fingerprint density at radius 2 is 2.04 bits per heavy atom. The molecule has 8 nitrogen and oxygen atoms in total. The van der Waals surface area contributed by atoms with Crippen molar-refractivity contribution in [2.24, 2.45) is 4.99 Å². The van der Waals surface area contributed by atoms with E-state index in [0.717, 1.165) is 42.8 Å². The van der Waals surface area contributed by atoms with Gasteiger partial charge < -0.3 is 5.32 Å². The maximum atomic E-state index is 13.0. The number of amides is 1. The lowest BCUT2D eigenvalue weighted by Crippen LogP contribution is -2.39. The number of amidine groups is 1. The SMILES string of the molecule is O=C(Cn1nc2n(c1=O)-c1ccccc1C1=NCCN12)NC1CCCC1. The smallest absolute Gasteiger partial charge is 0.352 e. The Hall–Kier alpha value is -2.90. The monoisotopic (exact) mass is 352 g/mol. The molecule has 3 heterocycles. The van der Waals surface area contributed by atoms with Crippen LogP contribution >= 0.6 is 0 Å². The highest BCUT2D eigenvalue weighted by Crippen LogP contribution is 2.29. The van der Waals surface area contributed by atoms with Crippen molar-refractivity contribution in [1.82, 2.24) is 19.7 Å². The molecule has 0 saturated heterocycles. The van der Waals surface area contributed by atoms with Gasteiger partial charge in [-0.1, -0.05) is 25.0 Å². The van der Waals surface area contributed by atoms with Crippen molar-refractivity contribution in [2.45, 2.75) is 38.3 Å². The summed E-state index contributed by atoms with van der Waals surface area (Å²) in [6.45, 7) is 1.30. The van der Waals surface area contributed by atoms with Gasteiger partial charge in [0.2, 0.25) is 11.9 Å². The number of nitrogens with zero attached hydrogens (tertiary/aromatic N) is 5. The Kier molecular flexibility index (Phi) is 3.44. The van der Waals surface area contributed by atoms with Crippen LogP contribution in [0.15, 0.2) is 34.1 Å². The third-order valence-electron chi connectivity index (χ3n) is 5.30. The van der Waals surface area contributed by atoms with Crippen LogP contribution in [0.1, 0.15) is 31.2 Å². The fourth-order valence-corrected chi connectivity index (χ4v) is 4.09. The molecule has 1 aromatic heterocycles. The van der Waals surface area contributed by atoms with Crippen molar-refractivity contribution < 1.29 is 4.79 Å². The Bertz CT molecular complexity index is 966. The van der Waals surface area contributed by atoms with Gasteiger partial charge in [0.1, 0.15) is 12.4 Å². The molecule has 1 N–H and O–H groups in total. The van der Waals surface area contributed by atoms with Crippen molar-refractivity contribution in [3.8, 4) is 5.69 Å². The second kappa shape index (κ2) is 5.82. The number of carbonyl (C=O) groups is 1. The van der Waals surface area contributed by atoms with Crippen LogP contribution in [0.5, 0.6) is 0 Å². The minimum absolute atomic E-state index is 0.0577. The van der Waals surface area contributed by atoms with E-state index in [1.54, 1.807) is 4.57 Å². The molecule has 2 aliphatic heterocycles. The third-order valence-corrected chi connectivity index (χ3v) is 5.30. The minimum atomic E-state index is -0.292. The summed E-state index contributed by atoms with van der Waals surface area (Å²) in [6, 6.07) is 7.92. The Labute approximate surface area is 150 Å². The quantitative estimate of drug-likeness (QED) is 0.880. The lowest BCUT2D eigenvalue weighted by molar-refractivity contribution is -0.122. The number of aromatic nitrogens is 3. The van der Waals surface area contributed by atoms with Gasteiger partial charge in [-0.2, -0.15) is 0 Å². The van der Waals surface area contributed by atoms with Crippen LogP contribution in [0.3, 0.4) is 0 Å². The standard InChI is InChI=1S/C18H20N6O2/c25-15(20-12-5-1-2-6-12)11-23-18(26)24-14-8-4-3-7-13(14)16-19-9-10-22(16)17(24)21-23/h3-4,7-8,12H,1-2,5-6,9-11H2,(H,20,25). The highest BCUT2D eigenvalue weighted by molar-refractivity contribution is 6.14. The van der Waals surface area contributed by atoms with Crippen molar-refractivity contribution >= 4 is 17.7 Å². The fourth-order valence-electron chi connectivity index (χ4n) is 4.09. The average Bonchev–Trinajstić information content (AvgIpc) is 3.36. The highest BCUT2D eigenvalue weighted by atomic mass is 16.2. The number of para-hydroxylation sites is 1. The van der Waals surface area contributed by atoms with Gasteiger partial charge >= 0.3 is 5.69 Å². The molecule has 1 aromatic carbocycles. The first kappa shape index (κ1) is 15.4. The maximum absolute atomic E-state index is 13.0. The molecule has 0 spiro atoms. The van der Waals surface area contributed by atoms with Crippen molar-refractivity contribution in [2.75, 3.05) is 18.0 Å². The zero-order valence-corrected chi connectivity index (χ0v) is 14.4. The van der Waals surface area contributed by atoms with Crippen LogP contribution in [-0.2, 0) is 11.3 Å². The summed E-state index contributed by atoms with van der Waals surface area (Å²) >= 11 is 0. The van der Waals surface area contributed by atoms with Gasteiger partial charge in [-0.3, -0.25) is 14.7 Å². The second-order valence-electron chi connectivity index (χ2n) is 7.00. The van der Waals surface area contributed by atoms with E-state index in [-0.39, 0.29) is 24.2 Å². The summed E-state index contributed by atoms with van der Waals surface area (Å²) in [5.41, 5.74) is 1.40. The predicted molar refractivity (Wildman–Crippen MR) is 97.0 cm³/mol. The van der Waals surface area contributed by atoms with Crippen LogP contribution in [0.4, 0.5) is 5.95 Å². The van der Waals surface area contributed by atoms with E-state index in [1.165, 1.54) is 4.68 Å². The molecule has 0 unspecified atom stereocenters. The number of anilines is 1. The number of rotatable bonds is 3. The van der Waals surface area contributed by atoms with E-state index >= 15 is 0 Å². The number of fused-ring (bicyclic) bond motifs is 6. The Morgan fingerprint density at radius 3 is 2.88 bits per heavy atom. The lowest BCUT2D eigenvalue weighted by Gasteiger charge is -2.26. The number of benzene rings is 1. The van der Waals surface area contributed by atoms with E-state index in [0.29, 0.717) is 19.0 Å². The zero-order valence-electron chi connectivity index (χ0n) is 14.4. The normalized spacial score (nSPS) is 18.3. The summed E-state index contributed by atoms with van der Waals surface area (Å²) in [4.78, 5) is 31.8. The number of nitrogens with one attached hydrogen (secondary N) is 1. The number of carbonyl (C=O) groups excluding carboxylic acids is 1. The molecule has 8 heteroatoms. The Balaban J connectivity index is 1.51. The van der Waals surface area contributed by atoms with Crippen molar-refractivity contribution in [1.29, 1.82) is 0 Å². The van der Waals surface area contributed by atoms with Gasteiger partial charge in [-0.05, 0) is 25.0 Å². The number of aliphatic imine (C=N–C) groups is 1. The van der Waals surface area contributed by atoms with Gasteiger partial charge in [-0.15, -0.1) is 5.10 Å². The molecule has 0 radical (unpaired) electrons. The first-order chi connectivity index (χ1) is 12.7. The van der Waals surface area contributed by atoms with Crippen LogP contribution < -0.4 is 15.9 Å². The summed E-state index contributed by atoms with van der Waals surface area (Å²) in [6.07, 6.45) is 4.33. The number of hydrogen-bond acceptors (Lipinski definition) is 5. The largest absolute Gasteiger partial charge is 0.352 e. The van der Waals surface area contributed by atoms with Crippen LogP contribution in [-0.4, -0.2) is 45.2 Å².